The van der Waals surface area contributed by atoms with Gasteiger partial charge in [0.2, 0.25) is 0 Å². The number of hydrogen-bond acceptors (Lipinski definition) is 4. The maximum absolute atomic E-state index is 11.7. The topological polar surface area (TPSA) is 59.1 Å². The highest BCUT2D eigenvalue weighted by atomic mass is 79.9. The van der Waals surface area contributed by atoms with Gasteiger partial charge in [0.15, 0.2) is 9.84 Å². The van der Waals surface area contributed by atoms with Crippen molar-refractivity contribution in [2.24, 2.45) is 0 Å². The molecule has 0 saturated heterocycles. The predicted molar refractivity (Wildman–Crippen MR) is 82.0 cm³/mol. The zero-order valence-electron chi connectivity index (χ0n) is 11.6. The molecule has 1 N–H and O–H groups in total. The molecule has 0 aliphatic rings. The maximum Gasteiger partial charge on any atom is 0.151 e. The van der Waals surface area contributed by atoms with Crippen molar-refractivity contribution in [3.63, 3.8) is 0 Å². The molecule has 1 aromatic rings. The van der Waals surface area contributed by atoms with Gasteiger partial charge in [-0.2, -0.15) is 0 Å². The molecule has 0 aliphatic carbocycles. The van der Waals surface area contributed by atoms with Gasteiger partial charge >= 0.3 is 0 Å². The van der Waals surface area contributed by atoms with Crippen LogP contribution in [0, 0.1) is 0 Å². The van der Waals surface area contributed by atoms with Gasteiger partial charge in [-0.15, -0.1) is 0 Å². The highest BCUT2D eigenvalue weighted by molar-refractivity contribution is 9.10. The summed E-state index contributed by atoms with van der Waals surface area (Å²) >= 11 is 3.34. The van der Waals surface area contributed by atoms with Crippen molar-refractivity contribution in [3.05, 3.63) is 28.5 Å². The summed E-state index contributed by atoms with van der Waals surface area (Å²) in [6.07, 6.45) is 4.60. The van der Waals surface area contributed by atoms with Crippen molar-refractivity contribution in [1.29, 1.82) is 0 Å². The molecule has 1 rings (SSSR count). The number of hydrogen-bond donors (Lipinski definition) is 1. The molecular formula is C13H21BrN2O2S. The van der Waals surface area contributed by atoms with Crippen LogP contribution in [0.1, 0.15) is 26.0 Å². The molecule has 1 aromatic heterocycles. The summed E-state index contributed by atoms with van der Waals surface area (Å²) in [5.41, 5.74) is 0.896. The van der Waals surface area contributed by atoms with Gasteiger partial charge in [-0.25, -0.2) is 8.42 Å². The van der Waals surface area contributed by atoms with E-state index < -0.39 is 15.1 Å². The van der Waals surface area contributed by atoms with Gasteiger partial charge < -0.3 is 5.32 Å². The maximum atomic E-state index is 11.7. The quantitative estimate of drug-likeness (QED) is 0.820. The molecule has 0 saturated carbocycles. The lowest BCUT2D eigenvalue weighted by Gasteiger charge is -2.23. The first-order valence-corrected chi connectivity index (χ1v) is 9.12. The molecule has 0 aliphatic heterocycles. The molecule has 6 heteroatoms. The molecule has 0 aromatic carbocycles. The second-order valence-corrected chi connectivity index (χ2v) is 8.09. The Labute approximate surface area is 124 Å². The van der Waals surface area contributed by atoms with Crippen LogP contribution in [0.5, 0.6) is 0 Å². The van der Waals surface area contributed by atoms with Gasteiger partial charge in [0, 0.05) is 35.1 Å². The number of rotatable bonds is 7. The lowest BCUT2D eigenvalue weighted by Crippen LogP contribution is -2.44. The summed E-state index contributed by atoms with van der Waals surface area (Å²) in [5.74, 6) is 0. The molecule has 0 spiro atoms. The lowest BCUT2D eigenvalue weighted by molar-refractivity contribution is 0.478. The van der Waals surface area contributed by atoms with E-state index in [1.807, 2.05) is 12.1 Å². The third-order valence-corrected chi connectivity index (χ3v) is 5.26. The summed E-state index contributed by atoms with van der Waals surface area (Å²) in [6, 6.07) is 3.73. The molecule has 108 valence electrons. The van der Waals surface area contributed by atoms with Gasteiger partial charge in [0.05, 0.1) is 5.25 Å². The van der Waals surface area contributed by atoms with Crippen molar-refractivity contribution >= 4 is 25.8 Å². The normalized spacial score (nSPS) is 15.2. The molecule has 0 radical (unpaired) electrons. The minimum absolute atomic E-state index is 0.108. The Balaban J connectivity index is 2.82. The number of nitrogens with zero attached hydrogens (tertiary/aromatic N) is 1. The van der Waals surface area contributed by atoms with Crippen LogP contribution in [0.15, 0.2) is 22.8 Å². The van der Waals surface area contributed by atoms with E-state index >= 15 is 0 Å². The molecular weight excluding hydrogens is 328 g/mol. The Kier molecular flexibility index (Phi) is 6.42. The van der Waals surface area contributed by atoms with E-state index in [0.717, 1.165) is 23.1 Å². The van der Waals surface area contributed by atoms with Gasteiger partial charge in [-0.05, 0) is 48.0 Å². The van der Waals surface area contributed by atoms with Crippen LogP contribution in [0.3, 0.4) is 0 Å². The fraction of sp³-hybridized carbons (Fsp3) is 0.615. The largest absolute Gasteiger partial charge is 0.312 e. The highest BCUT2D eigenvalue weighted by Crippen LogP contribution is 2.13. The van der Waals surface area contributed by atoms with Gasteiger partial charge in [-0.1, -0.05) is 6.92 Å². The Hall–Kier alpha value is -0.460. The summed E-state index contributed by atoms with van der Waals surface area (Å²) in [5, 5.41) is 2.88. The van der Waals surface area contributed by atoms with Crippen LogP contribution in [-0.4, -0.2) is 37.5 Å². The number of pyridine rings is 1. The van der Waals surface area contributed by atoms with E-state index in [9.17, 15) is 8.42 Å². The second kappa shape index (κ2) is 7.36. The fourth-order valence-corrected chi connectivity index (χ4v) is 2.81. The SMILES string of the molecule is CCCNC(Cc1ccc(Br)cn1)C(C)S(C)(=O)=O. The van der Waals surface area contributed by atoms with Crippen LogP contribution < -0.4 is 5.32 Å². The molecule has 0 bridgehead atoms. The zero-order valence-corrected chi connectivity index (χ0v) is 14.0. The monoisotopic (exact) mass is 348 g/mol. The third-order valence-electron chi connectivity index (χ3n) is 3.12. The predicted octanol–water partition coefficient (Wildman–Crippen LogP) is 2.19. The van der Waals surface area contributed by atoms with E-state index in [-0.39, 0.29) is 6.04 Å². The molecule has 19 heavy (non-hydrogen) atoms. The minimum atomic E-state index is -3.06. The first-order valence-electron chi connectivity index (χ1n) is 6.37. The molecule has 0 fully saturated rings. The number of aromatic nitrogens is 1. The molecule has 4 nitrogen and oxygen atoms in total. The molecule has 1 heterocycles. The number of nitrogens with one attached hydrogen (secondary N) is 1. The van der Waals surface area contributed by atoms with Crippen molar-refractivity contribution in [1.82, 2.24) is 10.3 Å². The minimum Gasteiger partial charge on any atom is -0.312 e. The standard InChI is InChI=1S/C13H21BrN2O2S/c1-4-7-15-13(10(2)19(3,17)18)8-12-6-5-11(14)9-16-12/h5-6,9-10,13,15H,4,7-8H2,1-3H3. The fourth-order valence-electron chi connectivity index (χ4n) is 1.78. The van der Waals surface area contributed by atoms with Crippen molar-refractivity contribution in [2.75, 3.05) is 12.8 Å². The summed E-state index contributed by atoms with van der Waals surface area (Å²) in [6.45, 7) is 4.62. The average molecular weight is 349 g/mol. The Morgan fingerprint density at radius 1 is 1.42 bits per heavy atom. The van der Waals surface area contributed by atoms with E-state index in [2.05, 4.69) is 33.2 Å². The number of halogens is 1. The van der Waals surface area contributed by atoms with Gasteiger partial charge in [0.1, 0.15) is 0 Å². The second-order valence-electron chi connectivity index (χ2n) is 4.77. The van der Waals surface area contributed by atoms with Crippen LogP contribution >= 0.6 is 15.9 Å². The molecule has 0 amide bonds. The molecule has 2 unspecified atom stereocenters. The molecule has 2 atom stereocenters. The lowest BCUT2D eigenvalue weighted by atomic mass is 10.1. The van der Waals surface area contributed by atoms with E-state index in [1.165, 1.54) is 6.26 Å². The van der Waals surface area contributed by atoms with Crippen LogP contribution in [0.2, 0.25) is 0 Å². The highest BCUT2D eigenvalue weighted by Gasteiger charge is 2.25. The number of sulfone groups is 1. The van der Waals surface area contributed by atoms with Crippen LogP contribution in [0.25, 0.3) is 0 Å². The summed E-state index contributed by atoms with van der Waals surface area (Å²) in [4.78, 5) is 4.31. The Morgan fingerprint density at radius 2 is 2.11 bits per heavy atom. The smallest absolute Gasteiger partial charge is 0.151 e. The van der Waals surface area contributed by atoms with E-state index in [0.29, 0.717) is 6.42 Å². The zero-order chi connectivity index (χ0) is 14.5. The van der Waals surface area contributed by atoms with Crippen LogP contribution in [-0.2, 0) is 16.3 Å². The van der Waals surface area contributed by atoms with Crippen LogP contribution in [0.4, 0.5) is 0 Å². The summed E-state index contributed by atoms with van der Waals surface area (Å²) < 4.78 is 24.3. The average Bonchev–Trinajstić information content (AvgIpc) is 2.35. The summed E-state index contributed by atoms with van der Waals surface area (Å²) in [7, 11) is -3.06. The van der Waals surface area contributed by atoms with E-state index in [4.69, 9.17) is 0 Å². The first-order chi connectivity index (χ1) is 8.84. The van der Waals surface area contributed by atoms with Gasteiger partial charge in [-0.3, -0.25) is 4.98 Å². The first kappa shape index (κ1) is 16.6. The van der Waals surface area contributed by atoms with Crippen molar-refractivity contribution in [2.45, 2.75) is 38.0 Å². The van der Waals surface area contributed by atoms with Crippen molar-refractivity contribution in [3.8, 4) is 0 Å². The Bertz CT molecular complexity index is 488. The van der Waals surface area contributed by atoms with E-state index in [1.54, 1.807) is 13.1 Å². The Morgan fingerprint density at radius 3 is 2.58 bits per heavy atom. The van der Waals surface area contributed by atoms with Gasteiger partial charge in [0.25, 0.3) is 0 Å². The third kappa shape index (κ3) is 5.58. The van der Waals surface area contributed by atoms with Crippen molar-refractivity contribution < 1.29 is 8.42 Å².